The van der Waals surface area contributed by atoms with Gasteiger partial charge in [0.2, 0.25) is 0 Å². The van der Waals surface area contributed by atoms with Crippen LogP contribution in [-0.2, 0) is 13.0 Å². The molecular weight excluding hydrogens is 434 g/mol. The fourth-order valence-corrected chi connectivity index (χ4v) is 3.75. The van der Waals surface area contributed by atoms with Crippen molar-refractivity contribution in [2.24, 2.45) is 0 Å². The Balaban J connectivity index is 1.71. The Morgan fingerprint density at radius 3 is 2.67 bits per heavy atom. The van der Waals surface area contributed by atoms with Crippen molar-refractivity contribution in [3.05, 3.63) is 101 Å². The zero-order valence-corrected chi connectivity index (χ0v) is 18.9. The molecule has 0 fully saturated rings. The number of hydrogen-bond donors (Lipinski definition) is 1. The Morgan fingerprint density at radius 2 is 1.94 bits per heavy atom. The van der Waals surface area contributed by atoms with Gasteiger partial charge in [0.25, 0.3) is 0 Å². The van der Waals surface area contributed by atoms with Crippen LogP contribution in [0.2, 0.25) is 5.02 Å². The van der Waals surface area contributed by atoms with E-state index in [2.05, 4.69) is 22.6 Å². The highest BCUT2D eigenvalue weighted by Crippen LogP contribution is 2.36. The topological polar surface area (TPSA) is 70.9 Å². The molecule has 5 nitrogen and oxygen atoms in total. The van der Waals surface area contributed by atoms with Crippen LogP contribution in [0.3, 0.4) is 0 Å². The molecule has 3 aromatic carbocycles. The van der Waals surface area contributed by atoms with Crippen LogP contribution in [0, 0.1) is 11.3 Å². The van der Waals surface area contributed by atoms with Crippen LogP contribution in [0.15, 0.2) is 73.3 Å². The molecule has 0 bridgehead atoms. The third-order valence-corrected chi connectivity index (χ3v) is 5.51. The second-order valence-corrected chi connectivity index (χ2v) is 7.76. The molecule has 0 saturated heterocycles. The molecule has 0 aliphatic carbocycles. The van der Waals surface area contributed by atoms with Crippen LogP contribution in [0.5, 0.6) is 11.5 Å². The molecule has 0 aliphatic heterocycles. The predicted molar refractivity (Wildman–Crippen MR) is 132 cm³/mol. The van der Waals surface area contributed by atoms with Gasteiger partial charge >= 0.3 is 0 Å². The van der Waals surface area contributed by atoms with E-state index in [0.717, 1.165) is 27.7 Å². The molecule has 0 aliphatic rings. The van der Waals surface area contributed by atoms with Gasteiger partial charge in [-0.15, -0.1) is 6.58 Å². The highest BCUT2D eigenvalue weighted by atomic mass is 35.5. The van der Waals surface area contributed by atoms with Gasteiger partial charge in [-0.25, -0.2) is 4.98 Å². The first-order valence-corrected chi connectivity index (χ1v) is 10.8. The van der Waals surface area contributed by atoms with Gasteiger partial charge in [-0.1, -0.05) is 48.0 Å². The minimum Gasteiger partial charge on any atom is -0.493 e. The number of methoxy groups -OCH3 is 1. The quantitative estimate of drug-likeness (QED) is 0.240. The lowest BCUT2D eigenvalue weighted by atomic mass is 10.0. The van der Waals surface area contributed by atoms with E-state index in [-0.39, 0.29) is 0 Å². The molecule has 0 saturated carbocycles. The number of nitrogens with zero attached hydrogens (tertiary/aromatic N) is 2. The Bertz CT molecular complexity index is 1350. The summed E-state index contributed by atoms with van der Waals surface area (Å²) in [6.07, 6.45) is 4.15. The summed E-state index contributed by atoms with van der Waals surface area (Å²) in [5.74, 6) is 1.70. The third-order valence-electron chi connectivity index (χ3n) is 5.14. The van der Waals surface area contributed by atoms with Gasteiger partial charge in [0.1, 0.15) is 18.5 Å². The number of halogens is 1. The van der Waals surface area contributed by atoms with Gasteiger partial charge in [0.05, 0.1) is 23.7 Å². The predicted octanol–water partition coefficient (Wildman–Crippen LogP) is 6.60. The van der Waals surface area contributed by atoms with Crippen LogP contribution in [0.25, 0.3) is 22.7 Å². The summed E-state index contributed by atoms with van der Waals surface area (Å²) in [6.45, 7) is 4.17. The van der Waals surface area contributed by atoms with Gasteiger partial charge in [-0.2, -0.15) is 5.26 Å². The molecule has 1 N–H and O–H groups in total. The number of allylic oxidation sites excluding steroid dienone is 2. The molecule has 0 amide bonds. The minimum atomic E-state index is 0.303. The largest absolute Gasteiger partial charge is 0.493 e. The highest BCUT2D eigenvalue weighted by molar-refractivity contribution is 6.31. The molecule has 0 unspecified atom stereocenters. The first kappa shape index (κ1) is 22.2. The molecule has 164 valence electrons. The molecule has 1 aromatic heterocycles. The molecule has 6 heteroatoms. The average Bonchev–Trinajstić information content (AvgIpc) is 3.26. The van der Waals surface area contributed by atoms with Crippen molar-refractivity contribution in [3.8, 4) is 17.6 Å². The van der Waals surface area contributed by atoms with Crippen molar-refractivity contribution in [2.45, 2.75) is 13.0 Å². The van der Waals surface area contributed by atoms with Crippen LogP contribution < -0.4 is 9.47 Å². The lowest BCUT2D eigenvalue weighted by Crippen LogP contribution is -2.02. The van der Waals surface area contributed by atoms with Gasteiger partial charge in [-0.05, 0) is 48.4 Å². The SMILES string of the molecule is C=CCc1cc(/C=C(\C#N)c2nc3ccccc3[nH]2)cc(OC)c1OCc1ccccc1Cl. The number of imidazole rings is 1. The molecule has 4 aromatic rings. The molecule has 4 rings (SSSR count). The lowest BCUT2D eigenvalue weighted by Gasteiger charge is -2.16. The molecule has 0 radical (unpaired) electrons. The van der Waals surface area contributed by atoms with Crippen LogP contribution >= 0.6 is 11.6 Å². The maximum Gasteiger partial charge on any atom is 0.165 e. The Morgan fingerprint density at radius 1 is 1.15 bits per heavy atom. The first-order chi connectivity index (χ1) is 16.1. The summed E-state index contributed by atoms with van der Waals surface area (Å²) in [6, 6.07) is 21.3. The number of fused-ring (bicyclic) bond motifs is 1. The van der Waals surface area contributed by atoms with Crippen molar-refractivity contribution in [1.29, 1.82) is 5.26 Å². The first-order valence-electron chi connectivity index (χ1n) is 10.4. The van der Waals surface area contributed by atoms with E-state index in [4.69, 9.17) is 21.1 Å². The summed E-state index contributed by atoms with van der Waals surface area (Å²) in [4.78, 5) is 7.74. The van der Waals surface area contributed by atoms with E-state index in [1.807, 2.05) is 60.7 Å². The number of para-hydroxylation sites is 2. The Kier molecular flexibility index (Phi) is 6.77. The maximum absolute atomic E-state index is 9.79. The summed E-state index contributed by atoms with van der Waals surface area (Å²) < 4.78 is 11.8. The standard InChI is InChI=1S/C27H22ClN3O2/c1-3-8-19-13-18(14-21(16-29)27-30-23-11-6-7-12-24(23)31-27)15-25(32-2)26(19)33-17-20-9-4-5-10-22(20)28/h3-7,9-15H,1,8,17H2,2H3,(H,30,31)/b21-14+. The van der Waals surface area contributed by atoms with Crippen molar-refractivity contribution >= 4 is 34.3 Å². The van der Waals surface area contributed by atoms with Gasteiger partial charge in [-0.3, -0.25) is 0 Å². The number of ether oxygens (including phenoxy) is 2. The number of hydrogen-bond acceptors (Lipinski definition) is 4. The maximum atomic E-state index is 9.79. The van der Waals surface area contributed by atoms with Crippen LogP contribution in [0.4, 0.5) is 0 Å². The molecule has 0 spiro atoms. The van der Waals surface area contributed by atoms with E-state index < -0.39 is 0 Å². The summed E-state index contributed by atoms with van der Waals surface area (Å²) >= 11 is 6.28. The molecular formula is C27H22ClN3O2. The fourth-order valence-electron chi connectivity index (χ4n) is 3.56. The van der Waals surface area contributed by atoms with E-state index in [9.17, 15) is 5.26 Å². The second-order valence-electron chi connectivity index (χ2n) is 7.36. The second kappa shape index (κ2) is 10.1. The van der Waals surface area contributed by atoms with E-state index in [1.54, 1.807) is 19.3 Å². The number of aromatic nitrogens is 2. The van der Waals surface area contributed by atoms with Crippen molar-refractivity contribution in [3.63, 3.8) is 0 Å². The molecule has 1 heterocycles. The zero-order valence-electron chi connectivity index (χ0n) is 18.1. The summed E-state index contributed by atoms with van der Waals surface area (Å²) in [5.41, 5.74) is 4.67. The van der Waals surface area contributed by atoms with Crippen LogP contribution in [0.1, 0.15) is 22.5 Å². The monoisotopic (exact) mass is 455 g/mol. The van der Waals surface area contributed by atoms with E-state index in [0.29, 0.717) is 40.9 Å². The highest BCUT2D eigenvalue weighted by Gasteiger charge is 2.15. The van der Waals surface area contributed by atoms with E-state index in [1.165, 1.54) is 0 Å². The van der Waals surface area contributed by atoms with Gasteiger partial charge in [0, 0.05) is 16.1 Å². The average molecular weight is 456 g/mol. The number of nitriles is 1. The van der Waals surface area contributed by atoms with Crippen LogP contribution in [-0.4, -0.2) is 17.1 Å². The summed E-state index contributed by atoms with van der Waals surface area (Å²) in [7, 11) is 1.59. The van der Waals surface area contributed by atoms with Crippen molar-refractivity contribution in [1.82, 2.24) is 9.97 Å². The number of H-pyrrole nitrogens is 1. The lowest BCUT2D eigenvalue weighted by molar-refractivity contribution is 0.282. The van der Waals surface area contributed by atoms with Crippen molar-refractivity contribution < 1.29 is 9.47 Å². The number of aromatic amines is 1. The number of benzene rings is 3. The van der Waals surface area contributed by atoms with Gasteiger partial charge < -0.3 is 14.5 Å². The van der Waals surface area contributed by atoms with Gasteiger partial charge in [0.15, 0.2) is 11.5 Å². The number of nitrogens with one attached hydrogen (secondary N) is 1. The Hall–Kier alpha value is -4.01. The Labute approximate surface area is 197 Å². The third kappa shape index (κ3) is 4.92. The summed E-state index contributed by atoms with van der Waals surface area (Å²) in [5, 5.41) is 10.4. The molecule has 0 atom stereocenters. The number of rotatable bonds is 8. The normalized spacial score (nSPS) is 11.2. The molecule has 33 heavy (non-hydrogen) atoms. The van der Waals surface area contributed by atoms with E-state index >= 15 is 0 Å². The van der Waals surface area contributed by atoms with Crippen molar-refractivity contribution in [2.75, 3.05) is 7.11 Å². The minimum absolute atomic E-state index is 0.303. The fraction of sp³-hybridized carbons (Fsp3) is 0.111. The zero-order chi connectivity index (χ0) is 23.2. The smallest absolute Gasteiger partial charge is 0.165 e.